The summed E-state index contributed by atoms with van der Waals surface area (Å²) in [6.45, 7) is 6.79. The van der Waals surface area contributed by atoms with Crippen molar-refractivity contribution in [2.45, 2.75) is 51.6 Å². The van der Waals surface area contributed by atoms with Crippen LogP contribution >= 0.6 is 0 Å². The van der Waals surface area contributed by atoms with Gasteiger partial charge >= 0.3 is 23.9 Å². The molecule has 0 aliphatic rings. The Kier molecular flexibility index (Phi) is 5.68. The summed E-state index contributed by atoms with van der Waals surface area (Å²) in [5.74, 6) is -13.0. The van der Waals surface area contributed by atoms with Crippen LogP contribution in [0.3, 0.4) is 0 Å². The number of hydrogen-bond donors (Lipinski definition) is 0. The van der Waals surface area contributed by atoms with Crippen LogP contribution in [-0.2, 0) is 9.53 Å². The number of rotatable bonds is 7. The minimum atomic E-state index is -5.81. The van der Waals surface area contributed by atoms with Crippen LogP contribution in [0.5, 0.6) is 0 Å². The molecule has 2 nitrogen and oxygen atoms in total. The largest absolute Gasteiger partial charge is 0.473 e. The highest BCUT2D eigenvalue weighted by Gasteiger charge is 2.74. The van der Waals surface area contributed by atoms with Crippen molar-refractivity contribution in [1.82, 2.24) is 0 Å². The van der Waals surface area contributed by atoms with Crippen LogP contribution in [0.1, 0.15) is 33.6 Å². The second-order valence-electron chi connectivity index (χ2n) is 4.90. The second-order valence-corrected chi connectivity index (χ2v) is 4.90. The van der Waals surface area contributed by atoms with Gasteiger partial charge in [-0.25, -0.2) is 4.79 Å². The molecule has 0 heterocycles. The molecule has 0 rings (SSSR count). The Labute approximate surface area is 112 Å². The van der Waals surface area contributed by atoms with Gasteiger partial charge in [-0.15, -0.1) is 0 Å². The molecule has 0 bridgehead atoms. The van der Waals surface area contributed by atoms with Gasteiger partial charge in [0.05, 0.1) is 0 Å². The lowest BCUT2D eigenvalue weighted by molar-refractivity contribution is -0.385. The van der Waals surface area contributed by atoms with Crippen molar-refractivity contribution < 1.29 is 35.9 Å². The van der Waals surface area contributed by atoms with E-state index in [-0.39, 0.29) is 12.3 Å². The number of esters is 1. The SMILES string of the molecule is C=C(C)C(=O)OC(F)(F)C(F)(F)C(F)(F)CCC(C)C. The molecule has 0 spiro atoms. The highest BCUT2D eigenvalue weighted by Crippen LogP contribution is 2.48. The summed E-state index contributed by atoms with van der Waals surface area (Å²) in [6.07, 6.45) is -7.45. The summed E-state index contributed by atoms with van der Waals surface area (Å²) in [5, 5.41) is 0. The number of ether oxygens (including phenoxy) is 1. The number of alkyl halides is 6. The summed E-state index contributed by atoms with van der Waals surface area (Å²) < 4.78 is 82.4. The Hall–Kier alpha value is -1.21. The van der Waals surface area contributed by atoms with Crippen LogP contribution in [0.4, 0.5) is 26.3 Å². The molecular formula is C12H16F6O2. The monoisotopic (exact) mass is 306 g/mol. The fourth-order valence-electron chi connectivity index (χ4n) is 1.11. The number of carbonyl (C=O) groups excluding carboxylic acids is 1. The molecule has 8 heteroatoms. The Morgan fingerprint density at radius 1 is 1.15 bits per heavy atom. The first-order valence-electron chi connectivity index (χ1n) is 5.77. The van der Waals surface area contributed by atoms with E-state index in [0.29, 0.717) is 0 Å². The van der Waals surface area contributed by atoms with Crippen LogP contribution in [0, 0.1) is 5.92 Å². The third kappa shape index (κ3) is 4.14. The van der Waals surface area contributed by atoms with E-state index in [1.165, 1.54) is 13.8 Å². The summed E-state index contributed by atoms with van der Waals surface area (Å²) >= 11 is 0. The lowest BCUT2D eigenvalue weighted by atomic mass is 9.99. The molecule has 0 aromatic rings. The zero-order valence-corrected chi connectivity index (χ0v) is 11.3. The summed E-state index contributed by atoms with van der Waals surface area (Å²) in [6, 6.07) is 0. The van der Waals surface area contributed by atoms with E-state index in [1.54, 1.807) is 0 Å². The van der Waals surface area contributed by atoms with Gasteiger partial charge in [0.25, 0.3) is 0 Å². The molecule has 0 aliphatic heterocycles. The smallest absolute Gasteiger partial charge is 0.393 e. The van der Waals surface area contributed by atoms with Crippen molar-refractivity contribution in [2.75, 3.05) is 0 Å². The predicted octanol–water partition coefficient (Wildman–Crippen LogP) is 4.41. The van der Waals surface area contributed by atoms with Gasteiger partial charge in [-0.05, 0) is 19.3 Å². The van der Waals surface area contributed by atoms with Crippen LogP contribution in [0.2, 0.25) is 0 Å². The molecule has 0 aromatic carbocycles. The standard InChI is InChI=1S/C12H16F6O2/c1-7(2)5-6-10(13,14)11(15,16)12(17,18)20-9(19)8(3)4/h7H,3,5-6H2,1-2,4H3. The van der Waals surface area contributed by atoms with E-state index in [0.717, 1.165) is 6.92 Å². The third-order valence-corrected chi connectivity index (χ3v) is 2.43. The molecule has 0 aromatic heterocycles. The minimum Gasteiger partial charge on any atom is -0.393 e. The Morgan fingerprint density at radius 2 is 1.60 bits per heavy atom. The third-order valence-electron chi connectivity index (χ3n) is 2.43. The average molecular weight is 306 g/mol. The van der Waals surface area contributed by atoms with Gasteiger partial charge in [-0.2, -0.15) is 26.3 Å². The van der Waals surface area contributed by atoms with Gasteiger partial charge < -0.3 is 4.74 Å². The van der Waals surface area contributed by atoms with Gasteiger partial charge in [0.2, 0.25) is 0 Å². The van der Waals surface area contributed by atoms with Gasteiger partial charge in [-0.3, -0.25) is 0 Å². The topological polar surface area (TPSA) is 26.3 Å². The molecule has 0 aliphatic carbocycles. The van der Waals surface area contributed by atoms with Crippen molar-refractivity contribution in [3.63, 3.8) is 0 Å². The second kappa shape index (κ2) is 6.05. The van der Waals surface area contributed by atoms with Gasteiger partial charge in [-0.1, -0.05) is 20.4 Å². The number of hydrogen-bond acceptors (Lipinski definition) is 2. The molecule has 0 saturated heterocycles. The molecule has 0 unspecified atom stereocenters. The lowest BCUT2D eigenvalue weighted by Crippen LogP contribution is -2.56. The van der Waals surface area contributed by atoms with Crippen LogP contribution in [-0.4, -0.2) is 23.9 Å². The van der Waals surface area contributed by atoms with E-state index in [2.05, 4.69) is 11.3 Å². The average Bonchev–Trinajstić information content (AvgIpc) is 2.25. The highest BCUT2D eigenvalue weighted by molar-refractivity contribution is 5.87. The highest BCUT2D eigenvalue weighted by atomic mass is 19.3. The summed E-state index contributed by atoms with van der Waals surface area (Å²) in [5.41, 5.74) is -0.606. The summed E-state index contributed by atoms with van der Waals surface area (Å²) in [7, 11) is 0. The lowest BCUT2D eigenvalue weighted by Gasteiger charge is -2.32. The number of halogens is 6. The van der Waals surface area contributed by atoms with E-state index in [1.807, 2.05) is 0 Å². The Bertz CT molecular complexity index is 376. The summed E-state index contributed by atoms with van der Waals surface area (Å²) in [4.78, 5) is 10.8. The normalized spacial score (nSPS) is 13.5. The fourth-order valence-corrected chi connectivity index (χ4v) is 1.11. The first-order chi connectivity index (χ1) is 8.74. The quantitative estimate of drug-likeness (QED) is 0.396. The van der Waals surface area contributed by atoms with E-state index < -0.39 is 35.9 Å². The van der Waals surface area contributed by atoms with Crippen molar-refractivity contribution in [3.05, 3.63) is 12.2 Å². The molecule has 20 heavy (non-hydrogen) atoms. The van der Waals surface area contributed by atoms with Crippen LogP contribution in [0.25, 0.3) is 0 Å². The van der Waals surface area contributed by atoms with Crippen molar-refractivity contribution >= 4 is 5.97 Å². The molecule has 118 valence electrons. The van der Waals surface area contributed by atoms with Crippen LogP contribution in [0.15, 0.2) is 12.2 Å². The maximum Gasteiger partial charge on any atom is 0.473 e. The predicted molar refractivity (Wildman–Crippen MR) is 59.8 cm³/mol. The van der Waals surface area contributed by atoms with Gasteiger partial charge in [0, 0.05) is 12.0 Å². The zero-order chi connectivity index (χ0) is 16.4. The van der Waals surface area contributed by atoms with Crippen molar-refractivity contribution in [1.29, 1.82) is 0 Å². The zero-order valence-electron chi connectivity index (χ0n) is 11.3. The van der Waals surface area contributed by atoms with Gasteiger partial charge in [0.1, 0.15) is 0 Å². The van der Waals surface area contributed by atoms with E-state index in [9.17, 15) is 31.1 Å². The van der Waals surface area contributed by atoms with E-state index in [4.69, 9.17) is 0 Å². The van der Waals surface area contributed by atoms with Crippen molar-refractivity contribution in [3.8, 4) is 0 Å². The maximum atomic E-state index is 13.3. The minimum absolute atomic E-state index is 0.372. The molecule has 0 amide bonds. The number of carbonyl (C=O) groups is 1. The Balaban J connectivity index is 5.16. The van der Waals surface area contributed by atoms with Crippen molar-refractivity contribution in [2.24, 2.45) is 5.92 Å². The first kappa shape index (κ1) is 18.8. The van der Waals surface area contributed by atoms with Crippen LogP contribution < -0.4 is 0 Å². The molecular weight excluding hydrogens is 290 g/mol. The Morgan fingerprint density at radius 3 is 1.95 bits per heavy atom. The van der Waals surface area contributed by atoms with Gasteiger partial charge in [0.15, 0.2) is 0 Å². The van der Waals surface area contributed by atoms with E-state index >= 15 is 0 Å². The molecule has 0 N–H and O–H groups in total. The molecule has 0 fully saturated rings. The molecule has 0 atom stereocenters. The maximum absolute atomic E-state index is 13.3. The molecule has 0 radical (unpaired) electrons. The fraction of sp³-hybridized carbons (Fsp3) is 0.750. The molecule has 0 saturated carbocycles. The first-order valence-corrected chi connectivity index (χ1v) is 5.77.